The summed E-state index contributed by atoms with van der Waals surface area (Å²) in [6.45, 7) is -0.659. The Morgan fingerprint density at radius 1 is 1.22 bits per heavy atom. The van der Waals surface area contributed by atoms with Gasteiger partial charge in [0.15, 0.2) is 5.65 Å². The minimum Gasteiger partial charge on any atom is -0.349 e. The topological polar surface area (TPSA) is 96.8 Å². The van der Waals surface area contributed by atoms with Crippen LogP contribution in [0, 0.1) is 11.8 Å². The summed E-state index contributed by atoms with van der Waals surface area (Å²) in [6, 6.07) is 4.78. The van der Waals surface area contributed by atoms with Crippen LogP contribution in [0.5, 0.6) is 0 Å². The van der Waals surface area contributed by atoms with Crippen LogP contribution in [0.2, 0.25) is 0 Å². The fourth-order valence-electron chi connectivity index (χ4n) is 5.18. The van der Waals surface area contributed by atoms with E-state index in [1.807, 2.05) is 22.7 Å². The van der Waals surface area contributed by atoms with Gasteiger partial charge in [0.05, 0.1) is 18.5 Å². The molecule has 1 saturated carbocycles. The molecule has 2 fully saturated rings. The minimum absolute atomic E-state index is 0.0307. The van der Waals surface area contributed by atoms with Gasteiger partial charge in [-0.2, -0.15) is 5.10 Å². The first-order valence-corrected chi connectivity index (χ1v) is 11.1. The average molecular weight is 449 g/mol. The number of fused-ring (bicyclic) bond motifs is 1. The molecule has 2 aromatic rings. The largest absolute Gasteiger partial charge is 0.349 e. The number of aromatic nitrogens is 3. The number of halogens is 2. The molecule has 2 N–H and O–H groups in total. The molecule has 3 heterocycles. The maximum Gasteiger partial charge on any atom is 0.267 e. The number of nitrogens with two attached hydrogens (primary N) is 1. The summed E-state index contributed by atoms with van der Waals surface area (Å²) < 4.78 is 29.1. The van der Waals surface area contributed by atoms with Gasteiger partial charge in [-0.25, -0.2) is 18.3 Å². The van der Waals surface area contributed by atoms with Crippen molar-refractivity contribution in [3.05, 3.63) is 30.2 Å². The van der Waals surface area contributed by atoms with Crippen molar-refractivity contribution in [3.8, 4) is 0 Å². The molecule has 1 saturated heterocycles. The van der Waals surface area contributed by atoms with Crippen molar-refractivity contribution < 1.29 is 18.4 Å². The number of pyridine rings is 1. The molecule has 2 amide bonds. The number of nitrogens with zero attached hydrogens (tertiary/aromatic N) is 5. The van der Waals surface area contributed by atoms with Gasteiger partial charge in [0.1, 0.15) is 6.33 Å². The van der Waals surface area contributed by atoms with Gasteiger partial charge in [0, 0.05) is 38.7 Å². The molecule has 0 aromatic carbocycles. The number of carbonyl (C=O) groups is 2. The second kappa shape index (κ2) is 8.73. The van der Waals surface area contributed by atoms with Gasteiger partial charge >= 0.3 is 0 Å². The number of rotatable bonds is 5. The number of amides is 2. The van der Waals surface area contributed by atoms with Gasteiger partial charge in [-0.3, -0.25) is 9.59 Å². The van der Waals surface area contributed by atoms with Crippen molar-refractivity contribution in [3.63, 3.8) is 0 Å². The van der Waals surface area contributed by atoms with Crippen molar-refractivity contribution in [1.29, 1.82) is 0 Å². The first-order chi connectivity index (χ1) is 15.2. The number of carbonyl (C=O) groups excluding carboxylic acids is 2. The Balaban J connectivity index is 1.49. The van der Waals surface area contributed by atoms with E-state index in [-0.39, 0.29) is 30.7 Å². The molecule has 174 valence electrons. The number of alkyl halides is 2. The molecule has 2 atom stereocenters. The Hall–Kier alpha value is -2.62. The van der Waals surface area contributed by atoms with E-state index in [0.29, 0.717) is 0 Å². The third-order valence-electron chi connectivity index (χ3n) is 6.91. The summed E-state index contributed by atoms with van der Waals surface area (Å²) in [6.07, 6.45) is 4.25. The molecule has 1 aliphatic heterocycles. The molecule has 1 aliphatic carbocycles. The summed E-state index contributed by atoms with van der Waals surface area (Å²) in [7, 11) is 3.27. The molecule has 2 aromatic heterocycles. The first kappa shape index (κ1) is 22.6. The SMILES string of the molecule is CN(C)C(=O)[C@@H](C1CCC(c2cccc3ncnn23)CC1)[C@H](N)C(=O)N1CCC(F)(F)C1. The number of hydrogen-bond donors (Lipinski definition) is 1. The lowest BCUT2D eigenvalue weighted by Crippen LogP contribution is -2.54. The maximum atomic E-state index is 13.6. The highest BCUT2D eigenvalue weighted by Gasteiger charge is 2.46. The number of likely N-dealkylation sites (tertiary alicyclic amines) is 1. The Labute approximate surface area is 185 Å². The van der Waals surface area contributed by atoms with Gasteiger partial charge in [-0.15, -0.1) is 0 Å². The fourth-order valence-corrected chi connectivity index (χ4v) is 5.18. The average Bonchev–Trinajstić information content (AvgIpc) is 3.39. The van der Waals surface area contributed by atoms with Crippen LogP contribution in [0.1, 0.15) is 43.7 Å². The summed E-state index contributed by atoms with van der Waals surface area (Å²) in [5.41, 5.74) is 8.17. The maximum absolute atomic E-state index is 13.6. The predicted molar refractivity (Wildman–Crippen MR) is 114 cm³/mol. The van der Waals surface area contributed by atoms with E-state index in [1.165, 1.54) is 11.2 Å². The molecule has 10 heteroatoms. The van der Waals surface area contributed by atoms with Crippen molar-refractivity contribution >= 4 is 17.5 Å². The molecule has 32 heavy (non-hydrogen) atoms. The van der Waals surface area contributed by atoms with Gasteiger partial charge in [0.25, 0.3) is 5.92 Å². The van der Waals surface area contributed by atoms with Gasteiger partial charge in [-0.05, 0) is 43.7 Å². The second-order valence-electron chi connectivity index (χ2n) is 9.24. The standard InChI is InChI=1S/C22H30F2N6O2/c1-28(2)20(31)18(19(25)21(32)29-11-10-22(23,24)12-29)15-8-6-14(7-9-15)16-4-3-5-17-26-13-27-30(16)17/h3-5,13-15,18-19H,6-12,25H2,1-2H3/t14?,15?,18-,19-/m0/s1. The molecular formula is C22H30F2N6O2. The molecule has 8 nitrogen and oxygen atoms in total. The van der Waals surface area contributed by atoms with E-state index >= 15 is 0 Å². The monoisotopic (exact) mass is 448 g/mol. The van der Waals surface area contributed by atoms with Crippen molar-refractivity contribution in [1.82, 2.24) is 24.4 Å². The van der Waals surface area contributed by atoms with E-state index in [4.69, 9.17) is 5.73 Å². The molecule has 2 aliphatic rings. The van der Waals surface area contributed by atoms with E-state index in [2.05, 4.69) is 10.1 Å². The van der Waals surface area contributed by atoms with Gasteiger partial charge in [-0.1, -0.05) is 6.07 Å². The third-order valence-corrected chi connectivity index (χ3v) is 6.91. The van der Waals surface area contributed by atoms with Gasteiger partial charge in [0.2, 0.25) is 11.8 Å². The van der Waals surface area contributed by atoms with Crippen molar-refractivity contribution in [2.75, 3.05) is 27.2 Å². The fraction of sp³-hybridized carbons (Fsp3) is 0.636. The number of hydrogen-bond acceptors (Lipinski definition) is 5. The summed E-state index contributed by atoms with van der Waals surface area (Å²) in [5, 5.41) is 4.32. The Morgan fingerprint density at radius 2 is 1.94 bits per heavy atom. The lowest BCUT2D eigenvalue weighted by atomic mass is 9.72. The van der Waals surface area contributed by atoms with Crippen LogP contribution in [-0.2, 0) is 9.59 Å². The van der Waals surface area contributed by atoms with Crippen LogP contribution in [0.25, 0.3) is 5.65 Å². The summed E-state index contributed by atoms with van der Waals surface area (Å²) in [4.78, 5) is 32.7. The zero-order valence-corrected chi connectivity index (χ0v) is 18.5. The Morgan fingerprint density at radius 3 is 2.56 bits per heavy atom. The second-order valence-corrected chi connectivity index (χ2v) is 9.24. The zero-order chi connectivity index (χ0) is 23.0. The zero-order valence-electron chi connectivity index (χ0n) is 18.5. The van der Waals surface area contributed by atoms with Crippen LogP contribution in [0.15, 0.2) is 24.5 Å². The third kappa shape index (κ3) is 4.32. The highest BCUT2D eigenvalue weighted by Crippen LogP contribution is 2.40. The quantitative estimate of drug-likeness (QED) is 0.754. The lowest BCUT2D eigenvalue weighted by Gasteiger charge is -2.37. The lowest BCUT2D eigenvalue weighted by molar-refractivity contribution is -0.144. The molecule has 0 bridgehead atoms. The highest BCUT2D eigenvalue weighted by atomic mass is 19.3. The Bertz CT molecular complexity index is 986. The van der Waals surface area contributed by atoms with Crippen LogP contribution in [-0.4, -0.2) is 75.4 Å². The summed E-state index contributed by atoms with van der Waals surface area (Å²) >= 11 is 0. The molecule has 0 spiro atoms. The van der Waals surface area contributed by atoms with Crippen molar-refractivity contribution in [2.24, 2.45) is 17.6 Å². The van der Waals surface area contributed by atoms with E-state index in [0.717, 1.165) is 41.9 Å². The first-order valence-electron chi connectivity index (χ1n) is 11.1. The predicted octanol–water partition coefficient (Wildman–Crippen LogP) is 1.90. The van der Waals surface area contributed by atoms with Crippen LogP contribution in [0.4, 0.5) is 8.78 Å². The normalized spacial score (nSPS) is 25.0. The van der Waals surface area contributed by atoms with E-state index in [1.54, 1.807) is 14.1 Å². The molecule has 4 rings (SSSR count). The van der Waals surface area contributed by atoms with Crippen LogP contribution in [0.3, 0.4) is 0 Å². The van der Waals surface area contributed by atoms with Crippen molar-refractivity contribution in [2.45, 2.75) is 50.0 Å². The van der Waals surface area contributed by atoms with Crippen LogP contribution < -0.4 is 5.73 Å². The highest BCUT2D eigenvalue weighted by molar-refractivity contribution is 5.90. The van der Waals surface area contributed by atoms with E-state index < -0.39 is 30.3 Å². The molecule has 0 unspecified atom stereocenters. The smallest absolute Gasteiger partial charge is 0.267 e. The van der Waals surface area contributed by atoms with Gasteiger partial charge < -0.3 is 15.5 Å². The molecule has 0 radical (unpaired) electrons. The Kier molecular flexibility index (Phi) is 6.15. The molecular weight excluding hydrogens is 418 g/mol. The summed E-state index contributed by atoms with van der Waals surface area (Å²) in [5.74, 6) is -4.23. The van der Waals surface area contributed by atoms with E-state index in [9.17, 15) is 18.4 Å². The minimum atomic E-state index is -2.89. The van der Waals surface area contributed by atoms with Crippen LogP contribution >= 0.6 is 0 Å².